The van der Waals surface area contributed by atoms with Crippen molar-refractivity contribution in [1.29, 1.82) is 0 Å². The van der Waals surface area contributed by atoms with Crippen molar-refractivity contribution in [2.75, 3.05) is 0 Å². The van der Waals surface area contributed by atoms with Crippen molar-refractivity contribution in [2.24, 2.45) is 0 Å². The molecule has 15 heteroatoms. The van der Waals surface area contributed by atoms with Crippen LogP contribution in [0.15, 0.2) is 24.3 Å². The fraction of sp³-hybridized carbons (Fsp3) is 0.333. The second-order valence-electron chi connectivity index (χ2n) is 4.05. The highest BCUT2D eigenvalue weighted by molar-refractivity contribution is 14.1. The van der Waals surface area contributed by atoms with Crippen LogP contribution in [0.2, 0.25) is 0 Å². The zero-order valence-electron chi connectivity index (χ0n) is 10.7. The molecule has 1 aromatic rings. The van der Waals surface area contributed by atoms with Gasteiger partial charge in [-0.05, 0) is 46.9 Å². The smallest absolute Gasteiger partial charge is 0.450 e. The van der Waals surface area contributed by atoms with Crippen LogP contribution in [0.5, 0.6) is 5.75 Å². The van der Waals surface area contributed by atoms with E-state index < -0.39 is 42.4 Å². The molecule has 0 saturated heterocycles. The van der Waals surface area contributed by atoms with Gasteiger partial charge in [0.15, 0.2) is 10.1 Å². The molecule has 0 saturated carbocycles. The Morgan fingerprint density at radius 1 is 0.875 bits per heavy atom. The van der Waals surface area contributed by atoms with Crippen LogP contribution < -0.4 is 4.18 Å². The molecule has 0 spiro atoms. The lowest BCUT2D eigenvalue weighted by Gasteiger charge is -2.32. The third-order valence-electron chi connectivity index (χ3n) is 2.38. The highest BCUT2D eigenvalue weighted by Crippen LogP contribution is 2.50. The Morgan fingerprint density at radius 3 is 1.67 bits per heavy atom. The average Bonchev–Trinajstić information content (AvgIpc) is 2.39. The van der Waals surface area contributed by atoms with E-state index in [0.29, 0.717) is 3.57 Å². The van der Waals surface area contributed by atoms with E-state index in [2.05, 4.69) is 4.18 Å². The van der Waals surface area contributed by atoms with Crippen molar-refractivity contribution in [3.8, 4) is 5.75 Å². The first-order chi connectivity index (χ1) is 10.5. The molecule has 6 nitrogen and oxygen atoms in total. The van der Waals surface area contributed by atoms with E-state index in [9.17, 15) is 47.7 Å². The Balaban J connectivity index is 3.37. The van der Waals surface area contributed by atoms with Crippen LogP contribution in [0.25, 0.3) is 0 Å². The van der Waals surface area contributed by atoms with Crippen LogP contribution in [0, 0.1) is 3.57 Å². The summed E-state index contributed by atoms with van der Waals surface area (Å²) in [6, 6.07) is 3.71. The fourth-order valence-corrected chi connectivity index (χ4v) is 2.93. The van der Waals surface area contributed by atoms with Gasteiger partial charge in [0.2, 0.25) is 0 Å². The molecule has 0 unspecified atom stereocenters. The fourth-order valence-electron chi connectivity index (χ4n) is 1.15. The Hall–Kier alpha value is -0.810. The highest BCUT2D eigenvalue weighted by Gasteiger charge is 2.81. The summed E-state index contributed by atoms with van der Waals surface area (Å²) in [5.74, 6) is -8.03. The van der Waals surface area contributed by atoms with Crippen molar-refractivity contribution in [3.05, 3.63) is 27.8 Å². The molecule has 0 heterocycles. The Bertz CT molecular complexity index is 821. The first kappa shape index (κ1) is 21.2. The second kappa shape index (κ2) is 6.17. The number of rotatable bonds is 6. The zero-order valence-corrected chi connectivity index (χ0v) is 14.5. The summed E-state index contributed by atoms with van der Waals surface area (Å²) < 4.78 is 136. The maximum atomic E-state index is 13.4. The minimum absolute atomic E-state index is 0.457. The number of halogens is 7. The quantitative estimate of drug-likeness (QED) is 0.251. The molecule has 0 bridgehead atoms. The minimum atomic E-state index is -7.32. The Labute approximate surface area is 144 Å². The molecule has 0 aromatic heterocycles. The lowest BCUT2D eigenvalue weighted by Crippen LogP contribution is -2.61. The lowest BCUT2D eigenvalue weighted by atomic mass is 10.3. The zero-order chi connectivity index (χ0) is 19.2. The summed E-state index contributed by atoms with van der Waals surface area (Å²) in [5.41, 5.74) is 0. The summed E-state index contributed by atoms with van der Waals surface area (Å²) in [6.07, 6.45) is 0. The van der Waals surface area contributed by atoms with Crippen LogP contribution in [-0.2, 0) is 20.2 Å². The van der Waals surface area contributed by atoms with E-state index in [-0.39, 0.29) is 0 Å². The monoisotopic (exact) mass is 513 g/mol. The van der Waals surface area contributed by atoms with Crippen molar-refractivity contribution in [1.82, 2.24) is 0 Å². The van der Waals surface area contributed by atoms with E-state index in [0.717, 1.165) is 24.3 Å². The highest BCUT2D eigenvalue weighted by atomic mass is 127. The van der Waals surface area contributed by atoms with E-state index in [1.54, 1.807) is 22.6 Å². The maximum Gasteiger partial charge on any atom is 0.450 e. The van der Waals surface area contributed by atoms with Crippen LogP contribution in [0.3, 0.4) is 0 Å². The van der Waals surface area contributed by atoms with Gasteiger partial charge in [0.1, 0.15) is 5.75 Å². The van der Waals surface area contributed by atoms with Gasteiger partial charge in [-0.3, -0.25) is 0 Å². The predicted molar refractivity (Wildman–Crippen MR) is 73.2 cm³/mol. The van der Waals surface area contributed by atoms with Gasteiger partial charge >= 0.3 is 26.5 Å². The minimum Gasteiger partial charge on any atom is -0.743 e. The molecule has 0 radical (unpaired) electrons. The first-order valence-corrected chi connectivity index (χ1v) is 9.15. The van der Waals surface area contributed by atoms with Gasteiger partial charge in [-0.2, -0.15) is 34.8 Å². The number of hydrogen-bond donors (Lipinski definition) is 0. The standard InChI is InChI=1S/C9H5F6IO6S2/c10-7(11,8(12,13)23(17,18)19)9(14,15)24(20,21)22-6-3-1-5(16)2-4-6/h1-4H,(H,17,18,19)/p-1. The van der Waals surface area contributed by atoms with Crippen LogP contribution in [-0.4, -0.2) is 37.8 Å². The van der Waals surface area contributed by atoms with Gasteiger partial charge in [-0.15, -0.1) is 0 Å². The number of benzene rings is 1. The first-order valence-electron chi connectivity index (χ1n) is 5.26. The number of alkyl halides is 6. The molecule has 0 amide bonds. The summed E-state index contributed by atoms with van der Waals surface area (Å²) in [7, 11) is -14.1. The van der Waals surface area contributed by atoms with Gasteiger partial charge in [0.25, 0.3) is 0 Å². The molecule has 0 aliphatic rings. The van der Waals surface area contributed by atoms with Crippen molar-refractivity contribution >= 4 is 42.8 Å². The van der Waals surface area contributed by atoms with E-state index >= 15 is 0 Å². The predicted octanol–water partition coefficient (Wildman–Crippen LogP) is 2.37. The third-order valence-corrected chi connectivity index (χ3v) is 5.28. The summed E-state index contributed by atoms with van der Waals surface area (Å²) in [6.45, 7) is 0. The normalized spacial score (nSPS) is 14.5. The molecular weight excluding hydrogens is 509 g/mol. The molecule has 0 fully saturated rings. The van der Waals surface area contributed by atoms with Crippen LogP contribution >= 0.6 is 22.6 Å². The van der Waals surface area contributed by atoms with E-state index in [1.807, 2.05) is 0 Å². The van der Waals surface area contributed by atoms with Crippen molar-refractivity contribution in [2.45, 2.75) is 16.4 Å². The van der Waals surface area contributed by atoms with Crippen molar-refractivity contribution < 1.29 is 51.9 Å². The van der Waals surface area contributed by atoms with Gasteiger partial charge in [-0.1, -0.05) is 0 Å². The molecule has 1 aromatic carbocycles. The summed E-state index contributed by atoms with van der Waals surface area (Å²) in [4.78, 5) is 0. The van der Waals surface area contributed by atoms with Crippen LogP contribution in [0.4, 0.5) is 26.3 Å². The largest absolute Gasteiger partial charge is 0.743 e. The second-order valence-corrected chi connectivity index (χ2v) is 8.31. The number of hydrogen-bond acceptors (Lipinski definition) is 6. The average molecular weight is 513 g/mol. The molecule has 0 atom stereocenters. The molecule has 0 aliphatic heterocycles. The van der Waals surface area contributed by atoms with E-state index in [1.165, 1.54) is 0 Å². The van der Waals surface area contributed by atoms with Crippen molar-refractivity contribution in [3.63, 3.8) is 0 Å². The third kappa shape index (κ3) is 3.43. The van der Waals surface area contributed by atoms with E-state index in [4.69, 9.17) is 0 Å². The van der Waals surface area contributed by atoms with Gasteiger partial charge in [-0.25, -0.2) is 8.42 Å². The molecule has 1 rings (SSSR count). The van der Waals surface area contributed by atoms with Crippen LogP contribution in [0.1, 0.15) is 0 Å². The molecule has 138 valence electrons. The molecule has 24 heavy (non-hydrogen) atoms. The molecule has 0 aliphatic carbocycles. The van der Waals surface area contributed by atoms with Gasteiger partial charge < -0.3 is 8.74 Å². The Morgan fingerprint density at radius 2 is 1.29 bits per heavy atom. The lowest BCUT2D eigenvalue weighted by molar-refractivity contribution is -0.247. The topological polar surface area (TPSA) is 101 Å². The SMILES string of the molecule is O=S(=O)([O-])C(F)(F)C(F)(F)C(F)(F)S(=O)(=O)Oc1ccc(I)cc1. The Kier molecular flexibility index (Phi) is 5.46. The molecular formula is C9H4F6IO6S2-. The van der Waals surface area contributed by atoms with Gasteiger partial charge in [0.05, 0.1) is 0 Å². The summed E-state index contributed by atoms with van der Waals surface area (Å²) in [5, 5.41) is -13.6. The summed E-state index contributed by atoms with van der Waals surface area (Å²) >= 11 is 1.71. The molecule has 0 N–H and O–H groups in total. The van der Waals surface area contributed by atoms with Gasteiger partial charge in [0, 0.05) is 3.57 Å². The maximum absolute atomic E-state index is 13.4.